The number of hydrogen-bond donors (Lipinski definition) is 2. The molecule has 2 heterocycles. The van der Waals surface area contributed by atoms with Gasteiger partial charge >= 0.3 is 0 Å². The van der Waals surface area contributed by atoms with E-state index in [0.29, 0.717) is 18.0 Å². The molecule has 2 aromatic rings. The van der Waals surface area contributed by atoms with Gasteiger partial charge in [-0.05, 0) is 46.5 Å². The average molecular weight is 358 g/mol. The third-order valence-corrected chi connectivity index (χ3v) is 5.31. The van der Waals surface area contributed by atoms with Gasteiger partial charge in [0.1, 0.15) is 4.60 Å². The van der Waals surface area contributed by atoms with Crippen LogP contribution in [0.4, 0.5) is 5.69 Å². The molecule has 0 spiro atoms. The first kappa shape index (κ1) is 14.2. The van der Waals surface area contributed by atoms with Crippen LogP contribution in [0.5, 0.6) is 0 Å². The monoisotopic (exact) mass is 357 g/mol. The largest absolute Gasteiger partial charge is 0.379 e. The fourth-order valence-corrected chi connectivity index (χ4v) is 4.14. The van der Waals surface area contributed by atoms with Crippen LogP contribution in [0.15, 0.2) is 47.1 Å². The van der Waals surface area contributed by atoms with Crippen LogP contribution >= 0.6 is 15.9 Å². The molecule has 1 aromatic heterocycles. The Bertz CT molecular complexity index is 659. The molecule has 1 aromatic carbocycles. The Labute approximate surface area is 139 Å². The van der Waals surface area contributed by atoms with Crippen molar-refractivity contribution in [3.05, 3.63) is 58.3 Å². The zero-order valence-corrected chi connectivity index (χ0v) is 14.0. The van der Waals surface area contributed by atoms with Crippen LogP contribution in [0.25, 0.3) is 0 Å². The first-order valence-electron chi connectivity index (χ1n) is 8.01. The molecule has 0 bridgehead atoms. The van der Waals surface area contributed by atoms with Crippen LogP contribution in [0.2, 0.25) is 0 Å². The predicted octanol–water partition coefficient (Wildman–Crippen LogP) is 4.06. The van der Waals surface area contributed by atoms with Crippen molar-refractivity contribution in [2.24, 2.45) is 0 Å². The number of nitrogens with one attached hydrogen (secondary N) is 2. The topological polar surface area (TPSA) is 37.0 Å². The van der Waals surface area contributed by atoms with Gasteiger partial charge in [-0.3, -0.25) is 0 Å². The zero-order chi connectivity index (χ0) is 14.9. The molecule has 0 radical (unpaired) electrons. The van der Waals surface area contributed by atoms with Crippen molar-refractivity contribution in [1.82, 2.24) is 10.3 Å². The fraction of sp³-hybridized carbons (Fsp3) is 0.389. The van der Waals surface area contributed by atoms with Crippen molar-refractivity contribution >= 4 is 21.6 Å². The minimum atomic E-state index is 0.467. The van der Waals surface area contributed by atoms with E-state index in [2.05, 4.69) is 63.0 Å². The van der Waals surface area contributed by atoms with E-state index in [1.54, 1.807) is 0 Å². The standard InChI is InChI=1S/C18H20BrN3/c19-16-10-9-15-18(22-16)13-7-4-8-14(17(13)21-15)20-11-12-5-2-1-3-6-12/h1-3,5-6,9-10,13-14,17,20-21H,4,7-8,11H2/t13?,14-,17?/m1/s1. The second kappa shape index (κ2) is 6.01. The lowest BCUT2D eigenvalue weighted by molar-refractivity contribution is 0.316. The van der Waals surface area contributed by atoms with E-state index >= 15 is 0 Å². The number of hydrogen-bond acceptors (Lipinski definition) is 3. The number of aromatic nitrogens is 1. The molecule has 1 aliphatic carbocycles. The van der Waals surface area contributed by atoms with E-state index < -0.39 is 0 Å². The number of anilines is 1. The van der Waals surface area contributed by atoms with Gasteiger partial charge in [0.15, 0.2) is 0 Å². The van der Waals surface area contributed by atoms with Gasteiger partial charge < -0.3 is 10.6 Å². The highest BCUT2D eigenvalue weighted by Gasteiger charge is 2.40. The summed E-state index contributed by atoms with van der Waals surface area (Å²) in [6, 6.07) is 15.8. The Morgan fingerprint density at radius 1 is 1.14 bits per heavy atom. The second-order valence-electron chi connectivity index (χ2n) is 6.25. The minimum absolute atomic E-state index is 0.467. The third kappa shape index (κ3) is 2.66. The zero-order valence-electron chi connectivity index (χ0n) is 12.4. The van der Waals surface area contributed by atoms with Gasteiger partial charge in [0, 0.05) is 24.5 Å². The highest BCUT2D eigenvalue weighted by atomic mass is 79.9. The molecule has 0 amide bonds. The molecule has 2 aliphatic rings. The molecular formula is C18H20BrN3. The summed E-state index contributed by atoms with van der Waals surface area (Å²) < 4.78 is 0.938. The maximum atomic E-state index is 4.72. The summed E-state index contributed by atoms with van der Waals surface area (Å²) >= 11 is 3.50. The van der Waals surface area contributed by atoms with E-state index in [-0.39, 0.29) is 0 Å². The van der Waals surface area contributed by atoms with Crippen LogP contribution in [-0.4, -0.2) is 17.1 Å². The lowest BCUT2D eigenvalue weighted by atomic mass is 9.81. The summed E-state index contributed by atoms with van der Waals surface area (Å²) in [4.78, 5) is 4.72. The summed E-state index contributed by atoms with van der Waals surface area (Å²) in [5, 5.41) is 7.46. The maximum absolute atomic E-state index is 4.72. The molecule has 1 fully saturated rings. The van der Waals surface area contributed by atoms with Crippen molar-refractivity contribution in [1.29, 1.82) is 0 Å². The Balaban J connectivity index is 1.49. The van der Waals surface area contributed by atoms with E-state index in [0.717, 1.165) is 11.1 Å². The first-order chi connectivity index (χ1) is 10.8. The van der Waals surface area contributed by atoms with Gasteiger partial charge in [-0.25, -0.2) is 4.98 Å². The molecule has 2 N–H and O–H groups in total. The highest BCUT2D eigenvalue weighted by Crippen LogP contribution is 2.43. The van der Waals surface area contributed by atoms with Crippen LogP contribution in [-0.2, 0) is 6.54 Å². The van der Waals surface area contributed by atoms with E-state index in [1.807, 2.05) is 6.07 Å². The van der Waals surface area contributed by atoms with Gasteiger partial charge in [-0.2, -0.15) is 0 Å². The molecule has 0 saturated heterocycles. The summed E-state index contributed by atoms with van der Waals surface area (Å²) in [5.74, 6) is 0.537. The third-order valence-electron chi connectivity index (χ3n) is 4.87. The SMILES string of the molecule is Brc1ccc2c(n1)C1CCC[C@@H](NCc3ccccc3)C1N2. The summed E-state index contributed by atoms with van der Waals surface area (Å²) in [7, 11) is 0. The van der Waals surface area contributed by atoms with Crippen molar-refractivity contribution in [3.63, 3.8) is 0 Å². The van der Waals surface area contributed by atoms with Gasteiger partial charge in [0.05, 0.1) is 11.4 Å². The molecule has 1 aliphatic heterocycles. The number of fused-ring (bicyclic) bond motifs is 3. The van der Waals surface area contributed by atoms with Gasteiger partial charge in [0.2, 0.25) is 0 Å². The summed E-state index contributed by atoms with van der Waals surface area (Å²) in [5.41, 5.74) is 3.80. The number of halogens is 1. The van der Waals surface area contributed by atoms with Crippen LogP contribution in [0.3, 0.4) is 0 Å². The van der Waals surface area contributed by atoms with Crippen LogP contribution in [0.1, 0.15) is 36.4 Å². The number of benzene rings is 1. The number of nitrogens with zero attached hydrogens (tertiary/aromatic N) is 1. The molecule has 2 unspecified atom stereocenters. The predicted molar refractivity (Wildman–Crippen MR) is 93.0 cm³/mol. The summed E-state index contributed by atoms with van der Waals surface area (Å²) in [6.07, 6.45) is 3.73. The number of pyridine rings is 1. The lowest BCUT2D eigenvalue weighted by Crippen LogP contribution is -2.47. The van der Waals surface area contributed by atoms with Crippen molar-refractivity contribution in [2.45, 2.75) is 43.8 Å². The van der Waals surface area contributed by atoms with Crippen LogP contribution < -0.4 is 10.6 Å². The number of rotatable bonds is 3. The Morgan fingerprint density at radius 2 is 2.00 bits per heavy atom. The maximum Gasteiger partial charge on any atom is 0.106 e. The Morgan fingerprint density at radius 3 is 2.86 bits per heavy atom. The smallest absolute Gasteiger partial charge is 0.106 e. The molecule has 22 heavy (non-hydrogen) atoms. The van der Waals surface area contributed by atoms with E-state index in [4.69, 9.17) is 4.98 Å². The van der Waals surface area contributed by atoms with E-state index in [1.165, 1.54) is 36.2 Å². The first-order valence-corrected chi connectivity index (χ1v) is 8.81. The van der Waals surface area contributed by atoms with Gasteiger partial charge in [0.25, 0.3) is 0 Å². The normalized spacial score (nSPS) is 26.1. The van der Waals surface area contributed by atoms with Crippen molar-refractivity contribution in [2.75, 3.05) is 5.32 Å². The lowest BCUT2D eigenvalue weighted by Gasteiger charge is -2.34. The molecule has 3 atom stereocenters. The average Bonchev–Trinajstić information content (AvgIpc) is 2.92. The van der Waals surface area contributed by atoms with Gasteiger partial charge in [-0.1, -0.05) is 36.8 Å². The quantitative estimate of drug-likeness (QED) is 0.813. The molecular weight excluding hydrogens is 338 g/mol. The van der Waals surface area contributed by atoms with Gasteiger partial charge in [-0.15, -0.1) is 0 Å². The Kier molecular flexibility index (Phi) is 3.89. The second-order valence-corrected chi connectivity index (χ2v) is 7.06. The minimum Gasteiger partial charge on any atom is -0.379 e. The molecule has 4 heteroatoms. The molecule has 3 nitrogen and oxygen atoms in total. The van der Waals surface area contributed by atoms with Crippen molar-refractivity contribution in [3.8, 4) is 0 Å². The van der Waals surface area contributed by atoms with Crippen LogP contribution in [0, 0.1) is 0 Å². The molecule has 114 valence electrons. The molecule has 1 saturated carbocycles. The highest BCUT2D eigenvalue weighted by molar-refractivity contribution is 9.10. The fourth-order valence-electron chi connectivity index (χ4n) is 3.81. The molecule has 4 rings (SSSR count). The summed E-state index contributed by atoms with van der Waals surface area (Å²) in [6.45, 7) is 0.934. The van der Waals surface area contributed by atoms with E-state index in [9.17, 15) is 0 Å². The Hall–Kier alpha value is -1.39. The van der Waals surface area contributed by atoms with Crippen molar-refractivity contribution < 1.29 is 0 Å².